The second-order valence-electron chi connectivity index (χ2n) is 3.89. The van der Waals surface area contributed by atoms with Gasteiger partial charge in [-0.25, -0.2) is 0 Å². The number of aromatic nitrogens is 2. The second-order valence-corrected chi connectivity index (χ2v) is 3.89. The van der Waals surface area contributed by atoms with E-state index in [-0.39, 0.29) is 18.4 Å². The summed E-state index contributed by atoms with van der Waals surface area (Å²) in [5, 5.41) is 8.76. The lowest BCUT2D eigenvalue weighted by atomic mass is 9.94. The minimum Gasteiger partial charge on any atom is -0.481 e. The number of nitrogens with one attached hydrogen (secondary N) is 2. The van der Waals surface area contributed by atoms with E-state index in [0.29, 0.717) is 0 Å². The van der Waals surface area contributed by atoms with E-state index in [1.54, 1.807) is 18.6 Å². The molecule has 1 aromatic rings. The zero-order valence-electron chi connectivity index (χ0n) is 8.76. The summed E-state index contributed by atoms with van der Waals surface area (Å²) in [7, 11) is 0. The molecule has 0 aliphatic carbocycles. The summed E-state index contributed by atoms with van der Waals surface area (Å²) in [4.78, 5) is 18.8. The molecule has 1 saturated heterocycles. The van der Waals surface area contributed by atoms with Crippen molar-refractivity contribution in [3.63, 3.8) is 0 Å². The summed E-state index contributed by atoms with van der Waals surface area (Å²) in [6.07, 6.45) is 5.86. The van der Waals surface area contributed by atoms with Crippen molar-refractivity contribution < 1.29 is 9.90 Å². The van der Waals surface area contributed by atoms with Crippen molar-refractivity contribution >= 4 is 5.97 Å². The fourth-order valence-electron chi connectivity index (χ4n) is 1.91. The normalized spacial score (nSPS) is 24.5. The zero-order chi connectivity index (χ0) is 11.4. The first-order chi connectivity index (χ1) is 7.75. The molecule has 86 valence electrons. The molecule has 3 N–H and O–H groups in total. The van der Waals surface area contributed by atoms with Crippen LogP contribution in [0.25, 0.3) is 0 Å². The van der Waals surface area contributed by atoms with Crippen LogP contribution in [0.5, 0.6) is 0 Å². The van der Waals surface area contributed by atoms with Gasteiger partial charge in [0.05, 0.1) is 12.1 Å². The first-order valence-corrected chi connectivity index (χ1v) is 5.21. The monoisotopic (exact) mass is 222 g/mol. The molecule has 2 unspecified atom stereocenters. The van der Waals surface area contributed by atoms with Crippen molar-refractivity contribution in [1.29, 1.82) is 0 Å². The van der Waals surface area contributed by atoms with Gasteiger partial charge in [-0.05, 0) is 12.3 Å². The van der Waals surface area contributed by atoms with Crippen molar-refractivity contribution in [1.82, 2.24) is 20.8 Å². The standard InChI is InChI=1S/C10H14N4O2/c15-10(16)4-9-7(5-13-14-9)3-8-6-11-1-2-12-8/h1-2,6-7,9,13-14H,3-5H2,(H,15,16). The van der Waals surface area contributed by atoms with Gasteiger partial charge in [0.25, 0.3) is 0 Å². The minimum atomic E-state index is -0.787. The quantitative estimate of drug-likeness (QED) is 0.641. The van der Waals surface area contributed by atoms with E-state index in [0.717, 1.165) is 18.7 Å². The third kappa shape index (κ3) is 2.74. The molecule has 0 amide bonds. The van der Waals surface area contributed by atoms with E-state index < -0.39 is 5.97 Å². The third-order valence-corrected chi connectivity index (χ3v) is 2.70. The van der Waals surface area contributed by atoms with Gasteiger partial charge in [0.15, 0.2) is 0 Å². The van der Waals surface area contributed by atoms with Gasteiger partial charge in [0.1, 0.15) is 0 Å². The van der Waals surface area contributed by atoms with E-state index in [1.807, 2.05) is 0 Å². The Morgan fingerprint density at radius 2 is 2.44 bits per heavy atom. The van der Waals surface area contributed by atoms with Crippen LogP contribution in [0.4, 0.5) is 0 Å². The predicted molar refractivity (Wildman–Crippen MR) is 56.4 cm³/mol. The highest BCUT2D eigenvalue weighted by molar-refractivity contribution is 5.67. The molecule has 2 heterocycles. The van der Waals surface area contributed by atoms with Crippen LogP contribution in [-0.2, 0) is 11.2 Å². The topological polar surface area (TPSA) is 87.1 Å². The van der Waals surface area contributed by atoms with Crippen molar-refractivity contribution in [2.75, 3.05) is 6.54 Å². The van der Waals surface area contributed by atoms with Gasteiger partial charge >= 0.3 is 5.97 Å². The van der Waals surface area contributed by atoms with Crippen LogP contribution in [-0.4, -0.2) is 33.6 Å². The summed E-state index contributed by atoms with van der Waals surface area (Å²) in [6.45, 7) is 0.758. The molecule has 0 saturated carbocycles. The Labute approximate surface area is 93.1 Å². The molecule has 0 aromatic carbocycles. The number of nitrogens with zero attached hydrogens (tertiary/aromatic N) is 2. The fourth-order valence-corrected chi connectivity index (χ4v) is 1.91. The summed E-state index contributed by atoms with van der Waals surface area (Å²) in [6, 6.07) is -0.0421. The van der Waals surface area contributed by atoms with Gasteiger partial charge in [0.2, 0.25) is 0 Å². The molecule has 2 rings (SSSR count). The number of rotatable bonds is 4. The van der Waals surface area contributed by atoms with Gasteiger partial charge in [-0.3, -0.25) is 25.6 Å². The van der Waals surface area contributed by atoms with Crippen LogP contribution >= 0.6 is 0 Å². The third-order valence-electron chi connectivity index (χ3n) is 2.70. The molecule has 6 heteroatoms. The highest BCUT2D eigenvalue weighted by Gasteiger charge is 2.28. The van der Waals surface area contributed by atoms with Crippen LogP contribution < -0.4 is 10.9 Å². The molecule has 6 nitrogen and oxygen atoms in total. The summed E-state index contributed by atoms with van der Waals surface area (Å²) < 4.78 is 0. The summed E-state index contributed by atoms with van der Waals surface area (Å²) in [5.41, 5.74) is 6.86. The van der Waals surface area contributed by atoms with E-state index >= 15 is 0 Å². The van der Waals surface area contributed by atoms with E-state index in [9.17, 15) is 4.79 Å². The minimum absolute atomic E-state index is 0.0421. The number of hydrazine groups is 1. The number of hydrogen-bond donors (Lipinski definition) is 3. The molecule has 0 spiro atoms. The van der Waals surface area contributed by atoms with Crippen LogP contribution in [0, 0.1) is 5.92 Å². The van der Waals surface area contributed by atoms with Gasteiger partial charge in [-0.1, -0.05) is 0 Å². The molecule has 1 aromatic heterocycles. The number of carboxylic acids is 1. The number of carboxylic acid groups (broad SMARTS) is 1. The average Bonchev–Trinajstić information content (AvgIpc) is 2.66. The second kappa shape index (κ2) is 5.00. The Hall–Kier alpha value is -1.53. The molecule has 1 aliphatic heterocycles. The maximum Gasteiger partial charge on any atom is 0.304 e. The summed E-state index contributed by atoms with van der Waals surface area (Å²) in [5.74, 6) is -0.543. The fraction of sp³-hybridized carbons (Fsp3) is 0.500. The molecule has 1 fully saturated rings. The first kappa shape index (κ1) is 11.0. The maximum atomic E-state index is 10.7. The SMILES string of the molecule is O=C(O)CC1NNCC1Cc1cnccn1. The molecule has 0 radical (unpaired) electrons. The molecule has 1 aliphatic rings. The maximum absolute atomic E-state index is 10.7. The van der Waals surface area contributed by atoms with Crippen LogP contribution in [0.2, 0.25) is 0 Å². The largest absolute Gasteiger partial charge is 0.481 e. The Balaban J connectivity index is 1.96. The molecule has 2 atom stereocenters. The number of aliphatic carboxylic acids is 1. The number of carbonyl (C=O) groups is 1. The van der Waals surface area contributed by atoms with E-state index in [4.69, 9.17) is 5.11 Å². The van der Waals surface area contributed by atoms with Gasteiger partial charge in [-0.2, -0.15) is 0 Å². The van der Waals surface area contributed by atoms with E-state index in [2.05, 4.69) is 20.8 Å². The van der Waals surface area contributed by atoms with Gasteiger partial charge < -0.3 is 5.11 Å². The first-order valence-electron chi connectivity index (χ1n) is 5.21. The molecular formula is C10H14N4O2. The lowest BCUT2D eigenvalue weighted by Gasteiger charge is -2.15. The molecular weight excluding hydrogens is 208 g/mol. The highest BCUT2D eigenvalue weighted by atomic mass is 16.4. The van der Waals surface area contributed by atoms with Crippen LogP contribution in [0.1, 0.15) is 12.1 Å². The van der Waals surface area contributed by atoms with Crippen molar-refractivity contribution in [3.8, 4) is 0 Å². The highest BCUT2D eigenvalue weighted by Crippen LogP contribution is 2.15. The Morgan fingerprint density at radius 3 is 3.12 bits per heavy atom. The van der Waals surface area contributed by atoms with Gasteiger partial charge in [0, 0.05) is 31.2 Å². The van der Waals surface area contributed by atoms with E-state index in [1.165, 1.54) is 0 Å². The smallest absolute Gasteiger partial charge is 0.304 e. The predicted octanol–water partition coefficient (Wildman–Crippen LogP) is -0.414. The Bertz CT molecular complexity index is 357. The van der Waals surface area contributed by atoms with Crippen molar-refractivity contribution in [2.45, 2.75) is 18.9 Å². The lowest BCUT2D eigenvalue weighted by molar-refractivity contribution is -0.137. The van der Waals surface area contributed by atoms with Crippen LogP contribution in [0.15, 0.2) is 18.6 Å². The zero-order valence-corrected chi connectivity index (χ0v) is 8.76. The average molecular weight is 222 g/mol. The van der Waals surface area contributed by atoms with Crippen LogP contribution in [0.3, 0.4) is 0 Å². The molecule has 16 heavy (non-hydrogen) atoms. The molecule has 0 bridgehead atoms. The van der Waals surface area contributed by atoms with Crippen molar-refractivity contribution in [3.05, 3.63) is 24.3 Å². The Kier molecular flexibility index (Phi) is 3.43. The Morgan fingerprint density at radius 1 is 1.56 bits per heavy atom. The number of hydrogen-bond acceptors (Lipinski definition) is 5. The van der Waals surface area contributed by atoms with Crippen molar-refractivity contribution in [2.24, 2.45) is 5.92 Å². The van der Waals surface area contributed by atoms with Gasteiger partial charge in [-0.15, -0.1) is 0 Å². The lowest BCUT2D eigenvalue weighted by Crippen LogP contribution is -2.34. The summed E-state index contributed by atoms with van der Waals surface area (Å²) >= 11 is 0.